The van der Waals surface area contributed by atoms with E-state index in [2.05, 4.69) is 0 Å². The van der Waals surface area contributed by atoms with Crippen LogP contribution in [0.4, 0.5) is 5.69 Å². The molecule has 4 rings (SSSR count). The van der Waals surface area contributed by atoms with Gasteiger partial charge in [-0.05, 0) is 54.8 Å². The number of amides is 1. The molecule has 6 heteroatoms. The van der Waals surface area contributed by atoms with E-state index in [0.29, 0.717) is 33.5 Å². The van der Waals surface area contributed by atoms with E-state index in [1.807, 2.05) is 18.2 Å². The van der Waals surface area contributed by atoms with E-state index >= 15 is 0 Å². The number of hydrogen-bond donors (Lipinski definition) is 0. The Morgan fingerprint density at radius 1 is 0.889 bits per heavy atom. The van der Waals surface area contributed by atoms with Crippen LogP contribution in [0.5, 0.6) is 0 Å². The molecular weight excluding hydrogens is 405 g/mol. The number of carbonyl (C=O) groups is 2. The third-order valence-electron chi connectivity index (χ3n) is 5.11. The topological polar surface area (TPSA) is 37.4 Å². The van der Waals surface area contributed by atoms with Gasteiger partial charge < -0.3 is 0 Å². The van der Waals surface area contributed by atoms with Crippen molar-refractivity contribution in [1.29, 1.82) is 0 Å². The molecule has 0 N–H and O–H groups in total. The summed E-state index contributed by atoms with van der Waals surface area (Å²) in [6.07, 6.45) is 2.14. The van der Waals surface area contributed by atoms with Crippen LogP contribution in [0, 0.1) is 0 Å². The lowest BCUT2D eigenvalue weighted by molar-refractivity contribution is -0.119. The van der Waals surface area contributed by atoms with Crippen molar-refractivity contribution in [3.63, 3.8) is 0 Å². The zero-order valence-electron chi connectivity index (χ0n) is 14.3. The molecule has 0 aromatic heterocycles. The highest BCUT2D eigenvalue weighted by molar-refractivity contribution is 6.42. The molecule has 0 saturated carbocycles. The fourth-order valence-electron chi connectivity index (χ4n) is 3.90. The second kappa shape index (κ2) is 7.31. The lowest BCUT2D eigenvalue weighted by Crippen LogP contribution is -2.40. The third kappa shape index (κ3) is 3.40. The minimum atomic E-state index is -0.293. The maximum Gasteiger partial charge on any atom is 0.232 e. The standard InChI is InChI=1S/C21H16Cl3NO2/c22-13-5-7-14(8-6-13)25-18-2-1-3-19(26)21(18)15(11-20(25)27)12-4-9-16(23)17(24)10-12/h4-10,15H,1-3,11H2. The van der Waals surface area contributed by atoms with Crippen molar-refractivity contribution in [2.75, 3.05) is 4.90 Å². The van der Waals surface area contributed by atoms with Gasteiger partial charge in [-0.1, -0.05) is 40.9 Å². The lowest BCUT2D eigenvalue weighted by atomic mass is 9.77. The minimum Gasteiger partial charge on any atom is -0.294 e. The fourth-order valence-corrected chi connectivity index (χ4v) is 4.33. The van der Waals surface area contributed by atoms with E-state index in [4.69, 9.17) is 34.8 Å². The van der Waals surface area contributed by atoms with Crippen molar-refractivity contribution in [2.45, 2.75) is 31.6 Å². The second-order valence-electron chi connectivity index (χ2n) is 6.77. The van der Waals surface area contributed by atoms with E-state index in [0.717, 1.165) is 23.4 Å². The van der Waals surface area contributed by atoms with Crippen LogP contribution >= 0.6 is 34.8 Å². The number of Topliss-reactive ketones (excluding diaryl/α,β-unsaturated/α-hetero) is 1. The summed E-state index contributed by atoms with van der Waals surface area (Å²) in [5.74, 6) is -0.237. The summed E-state index contributed by atoms with van der Waals surface area (Å²) < 4.78 is 0. The van der Waals surface area contributed by atoms with Gasteiger partial charge in [0, 0.05) is 40.7 Å². The Balaban J connectivity index is 1.85. The van der Waals surface area contributed by atoms with Gasteiger partial charge in [-0.15, -0.1) is 0 Å². The molecule has 3 nitrogen and oxygen atoms in total. The number of nitrogens with zero attached hydrogens (tertiary/aromatic N) is 1. The molecule has 1 aliphatic heterocycles. The van der Waals surface area contributed by atoms with Crippen molar-refractivity contribution in [3.05, 3.63) is 74.4 Å². The molecule has 0 saturated heterocycles. The Morgan fingerprint density at radius 3 is 2.33 bits per heavy atom. The Bertz CT molecular complexity index is 966. The maximum absolute atomic E-state index is 13.1. The minimum absolute atomic E-state index is 0.0400. The predicted molar refractivity (Wildman–Crippen MR) is 109 cm³/mol. The van der Waals surface area contributed by atoms with Gasteiger partial charge in [0.1, 0.15) is 0 Å². The van der Waals surface area contributed by atoms with Crippen LogP contribution in [0.3, 0.4) is 0 Å². The zero-order valence-corrected chi connectivity index (χ0v) is 16.6. The Labute approximate surface area is 172 Å². The first kappa shape index (κ1) is 18.5. The number of anilines is 1. The summed E-state index contributed by atoms with van der Waals surface area (Å²) >= 11 is 18.2. The predicted octanol–water partition coefficient (Wildman–Crippen LogP) is 6.17. The number of hydrogen-bond acceptors (Lipinski definition) is 2. The van der Waals surface area contributed by atoms with Crippen LogP contribution in [0.25, 0.3) is 0 Å². The average Bonchev–Trinajstić information content (AvgIpc) is 2.64. The number of rotatable bonds is 2. The highest BCUT2D eigenvalue weighted by Gasteiger charge is 2.39. The molecule has 2 aliphatic rings. The molecule has 138 valence electrons. The van der Waals surface area contributed by atoms with E-state index < -0.39 is 0 Å². The fraction of sp³-hybridized carbons (Fsp3) is 0.238. The first-order valence-electron chi connectivity index (χ1n) is 8.75. The molecule has 2 aromatic rings. The van der Waals surface area contributed by atoms with Crippen molar-refractivity contribution in [2.24, 2.45) is 0 Å². The largest absolute Gasteiger partial charge is 0.294 e. The van der Waals surface area contributed by atoms with Crippen molar-refractivity contribution < 1.29 is 9.59 Å². The van der Waals surface area contributed by atoms with E-state index in [1.54, 1.807) is 29.2 Å². The summed E-state index contributed by atoms with van der Waals surface area (Å²) in [6.45, 7) is 0. The normalized spacial score (nSPS) is 20.1. The van der Waals surface area contributed by atoms with Crippen LogP contribution in [0.1, 0.15) is 37.2 Å². The van der Waals surface area contributed by atoms with Crippen LogP contribution in [0.2, 0.25) is 15.1 Å². The third-order valence-corrected chi connectivity index (χ3v) is 6.10. The molecule has 1 unspecified atom stereocenters. The Kier molecular flexibility index (Phi) is 5.02. The van der Waals surface area contributed by atoms with Crippen LogP contribution in [-0.2, 0) is 9.59 Å². The highest BCUT2D eigenvalue weighted by atomic mass is 35.5. The average molecular weight is 421 g/mol. The maximum atomic E-state index is 13.1. The first-order chi connectivity index (χ1) is 13.0. The number of allylic oxidation sites excluding steroid dienone is 2. The van der Waals surface area contributed by atoms with Gasteiger partial charge in [0.05, 0.1) is 10.0 Å². The highest BCUT2D eigenvalue weighted by Crippen LogP contribution is 2.44. The summed E-state index contributed by atoms with van der Waals surface area (Å²) in [5, 5.41) is 1.48. The first-order valence-corrected chi connectivity index (χ1v) is 9.89. The number of ketones is 1. The molecule has 2 aromatic carbocycles. The molecular formula is C21H16Cl3NO2. The van der Waals surface area contributed by atoms with Crippen LogP contribution < -0.4 is 4.90 Å². The van der Waals surface area contributed by atoms with Gasteiger partial charge in [0.25, 0.3) is 0 Å². The molecule has 27 heavy (non-hydrogen) atoms. The van der Waals surface area contributed by atoms with E-state index in [9.17, 15) is 9.59 Å². The molecule has 1 aliphatic carbocycles. The summed E-state index contributed by atoms with van der Waals surface area (Å²) in [6, 6.07) is 12.4. The molecule has 1 heterocycles. The zero-order chi connectivity index (χ0) is 19.1. The second-order valence-corrected chi connectivity index (χ2v) is 8.02. The lowest BCUT2D eigenvalue weighted by Gasteiger charge is -2.38. The van der Waals surface area contributed by atoms with Crippen LogP contribution in [-0.4, -0.2) is 11.7 Å². The Morgan fingerprint density at radius 2 is 1.63 bits per heavy atom. The summed E-state index contributed by atoms with van der Waals surface area (Å²) in [4.78, 5) is 27.6. The number of halogens is 3. The summed E-state index contributed by atoms with van der Waals surface area (Å²) in [7, 11) is 0. The number of carbonyl (C=O) groups excluding carboxylic acids is 2. The molecule has 0 radical (unpaired) electrons. The van der Waals surface area contributed by atoms with Crippen molar-refractivity contribution >= 4 is 52.2 Å². The molecule has 0 bridgehead atoms. The molecule has 0 spiro atoms. The molecule has 1 atom stereocenters. The van der Waals surface area contributed by atoms with Gasteiger partial charge in [-0.3, -0.25) is 14.5 Å². The van der Waals surface area contributed by atoms with Crippen molar-refractivity contribution in [3.8, 4) is 0 Å². The van der Waals surface area contributed by atoms with Crippen LogP contribution in [0.15, 0.2) is 53.7 Å². The van der Waals surface area contributed by atoms with Crippen molar-refractivity contribution in [1.82, 2.24) is 0 Å². The van der Waals surface area contributed by atoms with E-state index in [-0.39, 0.29) is 24.0 Å². The number of benzene rings is 2. The van der Waals surface area contributed by atoms with E-state index in [1.165, 1.54) is 0 Å². The Hall–Kier alpha value is -1.81. The molecule has 1 amide bonds. The van der Waals surface area contributed by atoms with Gasteiger partial charge >= 0.3 is 0 Å². The van der Waals surface area contributed by atoms with Gasteiger partial charge in [0.2, 0.25) is 5.91 Å². The quantitative estimate of drug-likeness (QED) is 0.582. The van der Waals surface area contributed by atoms with Gasteiger partial charge in [0.15, 0.2) is 5.78 Å². The molecule has 0 fully saturated rings. The smallest absolute Gasteiger partial charge is 0.232 e. The van der Waals surface area contributed by atoms with Gasteiger partial charge in [-0.25, -0.2) is 0 Å². The SMILES string of the molecule is O=C1CCCC2=C1C(c1ccc(Cl)c(Cl)c1)CC(=O)N2c1ccc(Cl)cc1. The monoisotopic (exact) mass is 419 g/mol. The van der Waals surface area contributed by atoms with Gasteiger partial charge in [-0.2, -0.15) is 0 Å². The summed E-state index contributed by atoms with van der Waals surface area (Å²) in [5.41, 5.74) is 3.09.